The highest BCUT2D eigenvalue weighted by Crippen LogP contribution is 2.09. The lowest BCUT2D eigenvalue weighted by Crippen LogP contribution is -2.07. The second kappa shape index (κ2) is 7.65. The Balaban J connectivity index is 0.000000487. The number of carbonyl (C=O) groups is 1. The number of hydrogen-bond donors (Lipinski definition) is 0. The summed E-state index contributed by atoms with van der Waals surface area (Å²) >= 11 is 0. The first-order valence-electron chi connectivity index (χ1n) is 4.97. The molecule has 1 aromatic rings. The smallest absolute Gasteiger partial charge is 0.338 e. The van der Waals surface area contributed by atoms with Crippen LogP contribution >= 0.6 is 0 Å². The van der Waals surface area contributed by atoms with Crippen LogP contribution in [-0.4, -0.2) is 32.0 Å². The first-order chi connectivity index (χ1) is 7.43. The monoisotopic (exact) mass is 221 g/mol. The van der Waals surface area contributed by atoms with Crippen molar-refractivity contribution in [1.82, 2.24) is 4.90 Å². The van der Waals surface area contributed by atoms with Crippen molar-refractivity contribution in [2.24, 2.45) is 0 Å². The Bertz CT molecular complexity index is 328. The van der Waals surface area contributed by atoms with E-state index in [0.29, 0.717) is 11.3 Å². The molecule has 0 spiro atoms. The van der Waals surface area contributed by atoms with E-state index in [4.69, 9.17) is 4.74 Å². The minimum atomic E-state index is -0.388. The maximum Gasteiger partial charge on any atom is 0.338 e. The molecule has 0 N–H and O–H groups in total. The van der Waals surface area contributed by atoms with E-state index in [1.165, 1.54) is 0 Å². The second-order valence-corrected chi connectivity index (χ2v) is 3.82. The Morgan fingerprint density at radius 3 is 2.00 bits per heavy atom. The van der Waals surface area contributed by atoms with Crippen molar-refractivity contribution < 1.29 is 9.53 Å². The van der Waals surface area contributed by atoms with Gasteiger partial charge in [-0.25, -0.2) is 4.79 Å². The van der Waals surface area contributed by atoms with Gasteiger partial charge in [0.1, 0.15) is 5.75 Å². The highest BCUT2D eigenvalue weighted by molar-refractivity contribution is 5.88. The fourth-order valence-electron chi connectivity index (χ4n) is 0.683. The van der Waals surface area contributed by atoms with Gasteiger partial charge in [-0.1, -0.05) is 24.8 Å². The van der Waals surface area contributed by atoms with Crippen molar-refractivity contribution in [3.05, 3.63) is 42.5 Å². The van der Waals surface area contributed by atoms with Crippen molar-refractivity contribution in [2.75, 3.05) is 21.1 Å². The topological polar surface area (TPSA) is 29.5 Å². The number of benzene rings is 1. The van der Waals surface area contributed by atoms with Crippen LogP contribution in [0.25, 0.3) is 0 Å². The van der Waals surface area contributed by atoms with Gasteiger partial charge >= 0.3 is 5.97 Å². The van der Waals surface area contributed by atoms with E-state index >= 15 is 0 Å². The summed E-state index contributed by atoms with van der Waals surface area (Å²) in [6.07, 6.45) is 0. The predicted octanol–water partition coefficient (Wildman–Crippen LogP) is 2.35. The third-order valence-electron chi connectivity index (χ3n) is 1.30. The number of ether oxygens (including phenoxy) is 1. The molecule has 0 aromatic heterocycles. The van der Waals surface area contributed by atoms with Crippen LogP contribution < -0.4 is 4.74 Å². The van der Waals surface area contributed by atoms with E-state index in [0.717, 1.165) is 0 Å². The zero-order chi connectivity index (χ0) is 12.6. The van der Waals surface area contributed by atoms with Crippen molar-refractivity contribution in [2.45, 2.75) is 6.92 Å². The summed E-state index contributed by atoms with van der Waals surface area (Å²) in [6, 6.07) is 8.92. The van der Waals surface area contributed by atoms with Gasteiger partial charge < -0.3 is 9.64 Å². The van der Waals surface area contributed by atoms with Crippen LogP contribution in [0.4, 0.5) is 0 Å². The normalized spacial score (nSPS) is 9.06. The zero-order valence-electron chi connectivity index (χ0n) is 10.4. The van der Waals surface area contributed by atoms with Gasteiger partial charge in [0.05, 0.1) is 0 Å². The maximum absolute atomic E-state index is 11.0. The van der Waals surface area contributed by atoms with Crippen LogP contribution in [0.2, 0.25) is 0 Å². The summed E-state index contributed by atoms with van der Waals surface area (Å²) in [7, 11) is 6.00. The molecule has 0 unspecified atom stereocenters. The number of nitrogens with zero attached hydrogens (tertiary/aromatic N) is 1. The van der Waals surface area contributed by atoms with Gasteiger partial charge in [0.25, 0.3) is 0 Å². The largest absolute Gasteiger partial charge is 0.423 e. The van der Waals surface area contributed by atoms with Crippen molar-refractivity contribution in [3.8, 4) is 5.75 Å². The third-order valence-corrected chi connectivity index (χ3v) is 1.30. The van der Waals surface area contributed by atoms with E-state index in [1.54, 1.807) is 31.2 Å². The van der Waals surface area contributed by atoms with Gasteiger partial charge in [-0.2, -0.15) is 0 Å². The standard InChI is InChI=1S/C10H10O2.C3H9N/c1-8(2)10(11)12-9-6-4-3-5-7-9;1-4(2)3/h3-7H,1H2,2H3;1-3H3. The van der Waals surface area contributed by atoms with Gasteiger partial charge in [-0.3, -0.25) is 0 Å². The fourth-order valence-corrected chi connectivity index (χ4v) is 0.683. The SMILES string of the molecule is C=C(C)C(=O)Oc1ccccc1.CN(C)C. The molecule has 0 fully saturated rings. The van der Waals surface area contributed by atoms with Crippen LogP contribution in [0.1, 0.15) is 6.92 Å². The zero-order valence-corrected chi connectivity index (χ0v) is 10.4. The molecule has 0 bridgehead atoms. The molecule has 0 heterocycles. The Morgan fingerprint density at radius 1 is 1.19 bits per heavy atom. The maximum atomic E-state index is 11.0. The van der Waals surface area contributed by atoms with Crippen molar-refractivity contribution in [1.29, 1.82) is 0 Å². The summed E-state index contributed by atoms with van der Waals surface area (Å²) in [4.78, 5) is 13.0. The molecule has 88 valence electrons. The lowest BCUT2D eigenvalue weighted by Gasteiger charge is -2.01. The minimum absolute atomic E-state index is 0.388. The van der Waals surface area contributed by atoms with Crippen LogP contribution in [0, 0.1) is 0 Å². The molecule has 0 saturated carbocycles. The molecule has 1 rings (SSSR count). The number of hydrogen-bond acceptors (Lipinski definition) is 3. The van der Waals surface area contributed by atoms with Gasteiger partial charge in [-0.15, -0.1) is 0 Å². The first-order valence-corrected chi connectivity index (χ1v) is 4.97. The lowest BCUT2D eigenvalue weighted by atomic mass is 10.3. The lowest BCUT2D eigenvalue weighted by molar-refractivity contribution is -0.130. The predicted molar refractivity (Wildman–Crippen MR) is 66.5 cm³/mol. The van der Waals surface area contributed by atoms with E-state index < -0.39 is 0 Å². The molecule has 0 saturated heterocycles. The Hall–Kier alpha value is -1.61. The van der Waals surface area contributed by atoms with E-state index in [1.807, 2.05) is 32.1 Å². The fraction of sp³-hybridized carbons (Fsp3) is 0.308. The molecule has 0 aliphatic heterocycles. The Labute approximate surface area is 97.3 Å². The molecule has 16 heavy (non-hydrogen) atoms. The molecule has 0 atom stereocenters. The molecule has 3 heteroatoms. The molecule has 3 nitrogen and oxygen atoms in total. The molecular formula is C13H19NO2. The Kier molecular flexibility index (Phi) is 6.88. The summed E-state index contributed by atoms with van der Waals surface area (Å²) < 4.78 is 4.94. The number of para-hydroxylation sites is 1. The molecule has 0 aliphatic carbocycles. The van der Waals surface area contributed by atoms with Crippen LogP contribution in [0.5, 0.6) is 5.75 Å². The van der Waals surface area contributed by atoms with Crippen LogP contribution in [-0.2, 0) is 4.79 Å². The molecule has 0 amide bonds. The summed E-state index contributed by atoms with van der Waals surface area (Å²) in [5, 5.41) is 0. The second-order valence-electron chi connectivity index (χ2n) is 3.82. The highest BCUT2D eigenvalue weighted by Gasteiger charge is 2.03. The van der Waals surface area contributed by atoms with E-state index in [2.05, 4.69) is 6.58 Å². The molecule has 0 radical (unpaired) electrons. The van der Waals surface area contributed by atoms with Gasteiger partial charge in [-0.05, 0) is 40.2 Å². The number of esters is 1. The van der Waals surface area contributed by atoms with Gasteiger partial charge in [0.15, 0.2) is 0 Å². The number of carbonyl (C=O) groups excluding carboxylic acids is 1. The van der Waals surface area contributed by atoms with Crippen molar-refractivity contribution in [3.63, 3.8) is 0 Å². The van der Waals surface area contributed by atoms with E-state index in [9.17, 15) is 4.79 Å². The molecular weight excluding hydrogens is 202 g/mol. The average molecular weight is 221 g/mol. The molecule has 0 aliphatic rings. The molecule has 1 aromatic carbocycles. The third kappa shape index (κ3) is 7.76. The van der Waals surface area contributed by atoms with E-state index in [-0.39, 0.29) is 5.97 Å². The van der Waals surface area contributed by atoms with Crippen LogP contribution in [0.15, 0.2) is 42.5 Å². The quantitative estimate of drug-likeness (QED) is 0.436. The van der Waals surface area contributed by atoms with Crippen molar-refractivity contribution >= 4 is 5.97 Å². The van der Waals surface area contributed by atoms with Crippen LogP contribution in [0.3, 0.4) is 0 Å². The van der Waals surface area contributed by atoms with Gasteiger partial charge in [0.2, 0.25) is 0 Å². The summed E-state index contributed by atoms with van der Waals surface area (Å²) in [5.74, 6) is 0.159. The van der Waals surface area contributed by atoms with Gasteiger partial charge in [0, 0.05) is 5.57 Å². The Morgan fingerprint density at radius 2 is 1.62 bits per heavy atom. The first kappa shape index (κ1) is 14.4. The number of rotatable bonds is 2. The minimum Gasteiger partial charge on any atom is -0.423 e. The summed E-state index contributed by atoms with van der Waals surface area (Å²) in [5.41, 5.74) is 0.402. The summed E-state index contributed by atoms with van der Waals surface area (Å²) in [6.45, 7) is 5.09. The highest BCUT2D eigenvalue weighted by atomic mass is 16.5. The average Bonchev–Trinajstić information content (AvgIpc) is 2.18.